The largest absolute Gasteiger partial charge is 0.467 e. The Morgan fingerprint density at radius 1 is 1.19 bits per heavy atom. The third-order valence-electron chi connectivity index (χ3n) is 4.67. The predicted octanol–water partition coefficient (Wildman–Crippen LogP) is 1.83. The van der Waals surface area contributed by atoms with Crippen LogP contribution in [0.2, 0.25) is 0 Å². The Kier molecular flexibility index (Phi) is 5.79. The molecular formula is C19H24N2O5. The molecule has 1 heterocycles. The lowest BCUT2D eigenvalue weighted by Crippen LogP contribution is -2.52. The Balaban J connectivity index is 1.92. The highest BCUT2D eigenvalue weighted by Crippen LogP contribution is 2.24. The molecule has 0 aliphatic carbocycles. The van der Waals surface area contributed by atoms with Crippen LogP contribution in [-0.2, 0) is 14.3 Å². The normalized spacial score (nSPS) is 15.5. The van der Waals surface area contributed by atoms with Crippen molar-refractivity contribution in [2.75, 3.05) is 13.7 Å². The fourth-order valence-electron chi connectivity index (χ4n) is 2.88. The third kappa shape index (κ3) is 3.76. The Bertz CT molecular complexity index is 758. The van der Waals surface area contributed by atoms with Crippen LogP contribution in [0.4, 0.5) is 0 Å². The summed E-state index contributed by atoms with van der Waals surface area (Å²) in [6.45, 7) is 5.39. The Hall–Kier alpha value is -2.70. The number of hydrogen-bond donors (Lipinski definition) is 1. The number of hydrogen-bond acceptors (Lipinski definition) is 5. The molecule has 0 aromatic heterocycles. The van der Waals surface area contributed by atoms with E-state index in [2.05, 4.69) is 5.32 Å². The number of methoxy groups -OCH3 is 1. The van der Waals surface area contributed by atoms with E-state index in [1.54, 1.807) is 32.0 Å². The van der Waals surface area contributed by atoms with Crippen molar-refractivity contribution in [1.29, 1.82) is 0 Å². The topological polar surface area (TPSA) is 92.8 Å². The van der Waals surface area contributed by atoms with E-state index >= 15 is 0 Å². The zero-order chi connectivity index (χ0) is 19.5. The maximum absolute atomic E-state index is 12.4. The van der Waals surface area contributed by atoms with Gasteiger partial charge in [0, 0.05) is 13.0 Å². The van der Waals surface area contributed by atoms with Gasteiger partial charge in [0.25, 0.3) is 11.8 Å². The van der Waals surface area contributed by atoms with E-state index < -0.39 is 11.5 Å². The third-order valence-corrected chi connectivity index (χ3v) is 4.67. The van der Waals surface area contributed by atoms with E-state index in [-0.39, 0.29) is 30.7 Å². The summed E-state index contributed by atoms with van der Waals surface area (Å²) in [5, 5.41) is 2.66. The first-order chi connectivity index (χ1) is 12.2. The van der Waals surface area contributed by atoms with Gasteiger partial charge in [0.1, 0.15) is 5.54 Å². The number of rotatable bonds is 7. The fraction of sp³-hybridized carbons (Fsp3) is 0.474. The molecule has 1 aromatic carbocycles. The summed E-state index contributed by atoms with van der Waals surface area (Å²) in [5.41, 5.74) is 0.629. The zero-order valence-corrected chi connectivity index (χ0v) is 15.5. The highest BCUT2D eigenvalue weighted by molar-refractivity contribution is 6.21. The van der Waals surface area contributed by atoms with Crippen molar-refractivity contribution < 1.29 is 23.9 Å². The van der Waals surface area contributed by atoms with Gasteiger partial charge in [-0.1, -0.05) is 18.6 Å². The van der Waals surface area contributed by atoms with E-state index in [0.29, 0.717) is 24.0 Å². The summed E-state index contributed by atoms with van der Waals surface area (Å²) in [5.74, 6) is -1.50. The molecule has 1 atom stereocenters. The van der Waals surface area contributed by atoms with Crippen molar-refractivity contribution in [3.8, 4) is 0 Å². The number of ether oxygens (including phenoxy) is 1. The standard InChI is InChI=1S/C19H24N2O5/c1-5-19(3,18(25)26-4)20-15(22)7-6-10-21-16(23)13-9-8-12(2)11-14(13)17(21)24/h8-9,11H,5-7,10H2,1-4H3,(H,20,22). The quantitative estimate of drug-likeness (QED) is 0.591. The Morgan fingerprint density at radius 2 is 1.85 bits per heavy atom. The lowest BCUT2D eigenvalue weighted by atomic mass is 9.99. The molecule has 0 spiro atoms. The number of fused-ring (bicyclic) bond motifs is 1. The maximum Gasteiger partial charge on any atom is 0.331 e. The molecular weight excluding hydrogens is 336 g/mol. The summed E-state index contributed by atoms with van der Waals surface area (Å²) >= 11 is 0. The van der Waals surface area contributed by atoms with Crippen LogP contribution in [0.1, 0.15) is 59.4 Å². The molecule has 1 aliphatic rings. The monoisotopic (exact) mass is 360 g/mol. The SMILES string of the molecule is CCC(C)(NC(=O)CCCN1C(=O)c2ccc(C)cc2C1=O)C(=O)OC. The van der Waals surface area contributed by atoms with E-state index in [1.165, 1.54) is 7.11 Å². The van der Waals surface area contributed by atoms with Gasteiger partial charge in [0.15, 0.2) is 0 Å². The van der Waals surface area contributed by atoms with Gasteiger partial charge in [-0.2, -0.15) is 0 Å². The first-order valence-electron chi connectivity index (χ1n) is 8.59. The summed E-state index contributed by atoms with van der Waals surface area (Å²) < 4.78 is 4.72. The first kappa shape index (κ1) is 19.6. The number of nitrogens with one attached hydrogen (secondary N) is 1. The van der Waals surface area contributed by atoms with Crippen LogP contribution in [0.15, 0.2) is 18.2 Å². The van der Waals surface area contributed by atoms with Gasteiger partial charge >= 0.3 is 5.97 Å². The minimum atomic E-state index is -1.08. The number of amides is 3. The number of benzene rings is 1. The Morgan fingerprint density at radius 3 is 2.46 bits per heavy atom. The molecule has 7 nitrogen and oxygen atoms in total. The zero-order valence-electron chi connectivity index (χ0n) is 15.5. The molecule has 0 radical (unpaired) electrons. The van der Waals surface area contributed by atoms with Gasteiger partial charge in [-0.25, -0.2) is 4.79 Å². The van der Waals surface area contributed by atoms with Gasteiger partial charge in [-0.15, -0.1) is 0 Å². The molecule has 1 unspecified atom stereocenters. The second kappa shape index (κ2) is 7.68. The molecule has 0 saturated heterocycles. The summed E-state index contributed by atoms with van der Waals surface area (Å²) in [6, 6.07) is 5.14. The maximum atomic E-state index is 12.4. The van der Waals surface area contributed by atoms with Gasteiger partial charge in [0.2, 0.25) is 5.91 Å². The minimum Gasteiger partial charge on any atom is -0.467 e. The second-order valence-corrected chi connectivity index (χ2v) is 6.64. The number of carbonyl (C=O) groups excluding carboxylic acids is 4. The highest BCUT2D eigenvalue weighted by Gasteiger charge is 2.36. The van der Waals surface area contributed by atoms with Crippen molar-refractivity contribution >= 4 is 23.7 Å². The number of carbonyl (C=O) groups is 4. The van der Waals surface area contributed by atoms with Crippen molar-refractivity contribution in [2.24, 2.45) is 0 Å². The van der Waals surface area contributed by atoms with E-state index in [1.807, 2.05) is 6.92 Å². The first-order valence-corrected chi connectivity index (χ1v) is 8.59. The molecule has 1 N–H and O–H groups in total. The van der Waals surface area contributed by atoms with Crippen molar-refractivity contribution in [2.45, 2.75) is 45.6 Å². The van der Waals surface area contributed by atoms with Gasteiger partial charge in [-0.3, -0.25) is 19.3 Å². The van der Waals surface area contributed by atoms with Gasteiger partial charge < -0.3 is 10.1 Å². The van der Waals surface area contributed by atoms with Crippen LogP contribution in [0, 0.1) is 6.92 Å². The van der Waals surface area contributed by atoms with Crippen LogP contribution < -0.4 is 5.32 Å². The number of aryl methyl sites for hydroxylation is 1. The molecule has 3 amide bonds. The van der Waals surface area contributed by atoms with E-state index in [4.69, 9.17) is 4.74 Å². The molecule has 2 rings (SSSR count). The molecule has 0 saturated carbocycles. The van der Waals surface area contributed by atoms with Crippen LogP contribution in [0.3, 0.4) is 0 Å². The van der Waals surface area contributed by atoms with Gasteiger partial charge in [0.05, 0.1) is 18.2 Å². The Labute approximate surface area is 152 Å². The molecule has 26 heavy (non-hydrogen) atoms. The minimum absolute atomic E-state index is 0.0962. The summed E-state index contributed by atoms with van der Waals surface area (Å²) in [4.78, 5) is 49.8. The average molecular weight is 360 g/mol. The molecule has 140 valence electrons. The lowest BCUT2D eigenvalue weighted by molar-refractivity contribution is -0.150. The smallest absolute Gasteiger partial charge is 0.331 e. The van der Waals surface area contributed by atoms with Gasteiger partial charge in [-0.05, 0) is 38.8 Å². The second-order valence-electron chi connectivity index (χ2n) is 6.64. The molecule has 0 bridgehead atoms. The lowest BCUT2D eigenvalue weighted by Gasteiger charge is -2.26. The highest BCUT2D eigenvalue weighted by atomic mass is 16.5. The average Bonchev–Trinajstić information content (AvgIpc) is 2.85. The molecule has 0 fully saturated rings. The summed E-state index contributed by atoms with van der Waals surface area (Å²) in [6.07, 6.45) is 0.805. The number of esters is 1. The fourth-order valence-corrected chi connectivity index (χ4v) is 2.88. The van der Waals surface area contributed by atoms with Crippen LogP contribution in [0.5, 0.6) is 0 Å². The molecule has 7 heteroatoms. The van der Waals surface area contributed by atoms with Crippen LogP contribution in [-0.4, -0.2) is 47.8 Å². The number of imide groups is 1. The van der Waals surface area contributed by atoms with Crippen LogP contribution >= 0.6 is 0 Å². The van der Waals surface area contributed by atoms with E-state index in [9.17, 15) is 19.2 Å². The molecule has 1 aromatic rings. The summed E-state index contributed by atoms with van der Waals surface area (Å²) in [7, 11) is 1.27. The molecule has 1 aliphatic heterocycles. The number of nitrogens with zero attached hydrogens (tertiary/aromatic N) is 1. The van der Waals surface area contributed by atoms with Crippen molar-refractivity contribution in [3.63, 3.8) is 0 Å². The predicted molar refractivity (Wildman–Crippen MR) is 94.6 cm³/mol. The van der Waals surface area contributed by atoms with Crippen molar-refractivity contribution in [3.05, 3.63) is 34.9 Å². The van der Waals surface area contributed by atoms with Crippen molar-refractivity contribution in [1.82, 2.24) is 10.2 Å². The van der Waals surface area contributed by atoms with E-state index in [0.717, 1.165) is 10.5 Å². The van der Waals surface area contributed by atoms with Crippen LogP contribution in [0.25, 0.3) is 0 Å².